The quantitative estimate of drug-likeness (QED) is 0.772. The lowest BCUT2D eigenvalue weighted by Gasteiger charge is -2.22. The third kappa shape index (κ3) is 4.31. The number of aromatic nitrogens is 2. The van der Waals surface area contributed by atoms with Crippen LogP contribution >= 0.6 is 0 Å². The van der Waals surface area contributed by atoms with Gasteiger partial charge in [-0.05, 0) is 45.4 Å². The molecule has 2 rings (SSSR count). The number of hydrogen-bond donors (Lipinski definition) is 2. The van der Waals surface area contributed by atoms with Gasteiger partial charge in [-0.15, -0.1) is 0 Å². The van der Waals surface area contributed by atoms with E-state index in [4.69, 9.17) is 15.2 Å². The van der Waals surface area contributed by atoms with Crippen molar-refractivity contribution in [3.05, 3.63) is 21.6 Å². The van der Waals surface area contributed by atoms with Gasteiger partial charge >= 0.3 is 0 Å². The molecule has 2 heterocycles. The lowest BCUT2D eigenvalue weighted by molar-refractivity contribution is -0.162. The molecule has 0 bridgehead atoms. The highest BCUT2D eigenvalue weighted by molar-refractivity contribution is 5.24. The summed E-state index contributed by atoms with van der Waals surface area (Å²) in [5, 5.41) is 0. The number of aromatic amines is 1. The van der Waals surface area contributed by atoms with Crippen molar-refractivity contribution < 1.29 is 9.47 Å². The predicted octanol–water partition coefficient (Wildman–Crippen LogP) is 1.53. The van der Waals surface area contributed by atoms with Crippen molar-refractivity contribution in [3.63, 3.8) is 0 Å². The minimum Gasteiger partial charge on any atom is -0.369 e. The van der Waals surface area contributed by atoms with Gasteiger partial charge in [0, 0.05) is 24.5 Å². The first kappa shape index (κ1) is 15.0. The highest BCUT2D eigenvalue weighted by Gasteiger charge is 2.13. The average molecular weight is 281 g/mol. The lowest BCUT2D eigenvalue weighted by Crippen LogP contribution is -2.22. The molecule has 0 radical (unpaired) electrons. The average Bonchev–Trinajstić information content (AvgIpc) is 2.42. The van der Waals surface area contributed by atoms with Crippen LogP contribution in [0.25, 0.3) is 0 Å². The third-order valence-electron chi connectivity index (χ3n) is 3.50. The highest BCUT2D eigenvalue weighted by Crippen LogP contribution is 2.14. The molecule has 20 heavy (non-hydrogen) atoms. The fourth-order valence-electron chi connectivity index (χ4n) is 2.39. The molecule has 1 aromatic rings. The van der Waals surface area contributed by atoms with Crippen LogP contribution in [0.5, 0.6) is 0 Å². The minimum absolute atomic E-state index is 0.0351. The van der Waals surface area contributed by atoms with E-state index in [-0.39, 0.29) is 17.8 Å². The molecule has 1 aliphatic heterocycles. The van der Waals surface area contributed by atoms with Crippen molar-refractivity contribution >= 4 is 5.95 Å². The number of ether oxygens (including phenoxy) is 2. The van der Waals surface area contributed by atoms with Crippen LogP contribution in [0.4, 0.5) is 5.95 Å². The van der Waals surface area contributed by atoms with E-state index < -0.39 is 0 Å². The second-order valence-corrected chi connectivity index (χ2v) is 5.14. The Kier molecular flexibility index (Phi) is 5.55. The summed E-state index contributed by atoms with van der Waals surface area (Å²) in [6, 6.07) is 0. The van der Waals surface area contributed by atoms with Gasteiger partial charge in [0.25, 0.3) is 5.56 Å². The van der Waals surface area contributed by atoms with E-state index >= 15 is 0 Å². The second-order valence-electron chi connectivity index (χ2n) is 5.14. The Morgan fingerprint density at radius 1 is 1.45 bits per heavy atom. The van der Waals surface area contributed by atoms with Crippen LogP contribution in [0.3, 0.4) is 0 Å². The monoisotopic (exact) mass is 281 g/mol. The number of rotatable bonds is 6. The molecule has 1 saturated heterocycles. The Labute approximate surface area is 118 Å². The van der Waals surface area contributed by atoms with E-state index in [1.165, 1.54) is 6.42 Å². The summed E-state index contributed by atoms with van der Waals surface area (Å²) in [5.74, 6) is 0.175. The number of aryl methyl sites for hydroxylation is 1. The first-order valence-corrected chi connectivity index (χ1v) is 7.25. The Bertz CT molecular complexity index is 481. The number of hydrogen-bond acceptors (Lipinski definition) is 5. The Morgan fingerprint density at radius 2 is 2.30 bits per heavy atom. The molecule has 1 aliphatic rings. The van der Waals surface area contributed by atoms with Crippen molar-refractivity contribution in [2.45, 2.75) is 51.7 Å². The van der Waals surface area contributed by atoms with E-state index in [2.05, 4.69) is 9.97 Å². The number of nitrogens with one attached hydrogen (secondary N) is 1. The summed E-state index contributed by atoms with van der Waals surface area (Å²) in [7, 11) is 0. The molecule has 0 saturated carbocycles. The molecule has 1 atom stereocenters. The van der Waals surface area contributed by atoms with E-state index in [1.807, 2.05) is 6.92 Å². The molecule has 1 fully saturated rings. The smallest absolute Gasteiger partial charge is 0.255 e. The highest BCUT2D eigenvalue weighted by atomic mass is 16.7. The molecule has 1 unspecified atom stereocenters. The van der Waals surface area contributed by atoms with Crippen molar-refractivity contribution in [2.24, 2.45) is 0 Å². The summed E-state index contributed by atoms with van der Waals surface area (Å²) in [4.78, 5) is 18.4. The Balaban J connectivity index is 1.69. The zero-order chi connectivity index (χ0) is 14.4. The molecule has 3 N–H and O–H groups in total. The summed E-state index contributed by atoms with van der Waals surface area (Å²) in [5.41, 5.74) is 6.78. The van der Waals surface area contributed by atoms with Crippen molar-refractivity contribution in [1.29, 1.82) is 0 Å². The van der Waals surface area contributed by atoms with Crippen LogP contribution in [-0.2, 0) is 15.9 Å². The molecule has 6 nitrogen and oxygen atoms in total. The van der Waals surface area contributed by atoms with Crippen molar-refractivity contribution in [2.75, 3.05) is 18.9 Å². The van der Waals surface area contributed by atoms with Crippen LogP contribution in [0.1, 0.15) is 43.4 Å². The van der Waals surface area contributed by atoms with Gasteiger partial charge in [-0.1, -0.05) is 0 Å². The first-order valence-electron chi connectivity index (χ1n) is 7.25. The van der Waals surface area contributed by atoms with Crippen LogP contribution in [0.15, 0.2) is 4.79 Å². The maximum Gasteiger partial charge on any atom is 0.255 e. The number of H-pyrrole nitrogens is 1. The lowest BCUT2D eigenvalue weighted by atomic mass is 10.1. The van der Waals surface area contributed by atoms with Gasteiger partial charge in [-0.2, -0.15) is 0 Å². The third-order valence-corrected chi connectivity index (χ3v) is 3.50. The molecular formula is C14H23N3O3. The van der Waals surface area contributed by atoms with Gasteiger partial charge in [0.2, 0.25) is 5.95 Å². The molecule has 0 aliphatic carbocycles. The van der Waals surface area contributed by atoms with Gasteiger partial charge < -0.3 is 15.2 Å². The van der Waals surface area contributed by atoms with Crippen molar-refractivity contribution in [1.82, 2.24) is 9.97 Å². The topological polar surface area (TPSA) is 90.2 Å². The zero-order valence-electron chi connectivity index (χ0n) is 12.0. The number of nitrogens with zero attached hydrogens (tertiary/aromatic N) is 1. The maximum atomic E-state index is 11.7. The van der Waals surface area contributed by atoms with E-state index in [0.29, 0.717) is 24.3 Å². The Morgan fingerprint density at radius 3 is 3.00 bits per heavy atom. The number of nitrogens with two attached hydrogens (primary N) is 1. The van der Waals surface area contributed by atoms with Crippen LogP contribution in [-0.4, -0.2) is 29.5 Å². The predicted molar refractivity (Wildman–Crippen MR) is 76.5 cm³/mol. The SMILES string of the molecule is Cc1nc(N)[nH]c(=O)c1CCCCOC1CCCCO1. The summed E-state index contributed by atoms with van der Waals surface area (Å²) < 4.78 is 11.1. The summed E-state index contributed by atoms with van der Waals surface area (Å²) in [6.07, 6.45) is 5.75. The van der Waals surface area contributed by atoms with Crippen LogP contribution in [0.2, 0.25) is 0 Å². The number of anilines is 1. The fraction of sp³-hybridized carbons (Fsp3) is 0.714. The van der Waals surface area contributed by atoms with Crippen LogP contribution in [0, 0.1) is 6.92 Å². The van der Waals surface area contributed by atoms with Gasteiger partial charge in [-0.3, -0.25) is 9.78 Å². The maximum absolute atomic E-state index is 11.7. The molecule has 0 amide bonds. The van der Waals surface area contributed by atoms with Crippen LogP contribution < -0.4 is 11.3 Å². The van der Waals surface area contributed by atoms with E-state index in [0.717, 1.165) is 32.3 Å². The van der Waals surface area contributed by atoms with E-state index in [1.54, 1.807) is 0 Å². The number of nitrogen functional groups attached to an aromatic ring is 1. The van der Waals surface area contributed by atoms with Gasteiger partial charge in [-0.25, -0.2) is 4.98 Å². The largest absolute Gasteiger partial charge is 0.369 e. The standard InChI is InChI=1S/C14H23N3O3/c1-10-11(13(18)17-14(15)16-10)6-2-4-8-19-12-7-3-5-9-20-12/h12H,2-9H2,1H3,(H3,15,16,17,18). The zero-order valence-corrected chi connectivity index (χ0v) is 12.0. The Hall–Kier alpha value is -1.40. The summed E-state index contributed by atoms with van der Waals surface area (Å²) in [6.45, 7) is 3.29. The minimum atomic E-state index is -0.133. The first-order chi connectivity index (χ1) is 9.66. The van der Waals surface area contributed by atoms with E-state index in [9.17, 15) is 4.79 Å². The number of unbranched alkanes of at least 4 members (excludes halogenated alkanes) is 1. The van der Waals surface area contributed by atoms with Gasteiger partial charge in [0.15, 0.2) is 6.29 Å². The molecular weight excluding hydrogens is 258 g/mol. The van der Waals surface area contributed by atoms with Gasteiger partial charge in [0.1, 0.15) is 0 Å². The second kappa shape index (κ2) is 7.40. The summed E-state index contributed by atoms with van der Waals surface area (Å²) >= 11 is 0. The molecule has 0 spiro atoms. The molecule has 6 heteroatoms. The molecule has 1 aromatic heterocycles. The molecule has 112 valence electrons. The normalized spacial score (nSPS) is 19.1. The molecule has 0 aromatic carbocycles. The van der Waals surface area contributed by atoms with Gasteiger partial charge in [0.05, 0.1) is 0 Å². The van der Waals surface area contributed by atoms with Crippen molar-refractivity contribution in [3.8, 4) is 0 Å². The fourth-order valence-corrected chi connectivity index (χ4v) is 2.39.